The van der Waals surface area contributed by atoms with E-state index in [1.807, 2.05) is 18.7 Å². The molecule has 0 atom stereocenters. The molecule has 1 aliphatic heterocycles. The minimum absolute atomic E-state index is 0.0847. The van der Waals surface area contributed by atoms with Crippen LogP contribution in [-0.4, -0.2) is 49.4 Å². The zero-order chi connectivity index (χ0) is 20.4. The average Bonchev–Trinajstić information content (AvgIpc) is 2.66. The molecule has 0 amide bonds. The lowest BCUT2D eigenvalue weighted by Gasteiger charge is -2.37. The van der Waals surface area contributed by atoms with Gasteiger partial charge in [0, 0.05) is 41.6 Å². The Bertz CT molecular complexity index is 638. The Morgan fingerprint density at radius 2 is 2.07 bits per heavy atom. The Morgan fingerprint density at radius 3 is 2.71 bits per heavy atom. The SMILES string of the molecule is CCNC(=NCc1cc(Cl)ccc1OC(F)F)NCC1(SCC)CCOCC1. The van der Waals surface area contributed by atoms with Gasteiger partial charge in [0.1, 0.15) is 5.75 Å². The van der Waals surface area contributed by atoms with Gasteiger partial charge < -0.3 is 20.1 Å². The first kappa shape index (κ1) is 23.0. The standard InChI is InChI=1S/C19H28ClF2N3O2S/c1-3-23-18(25-13-19(28-4-2)7-9-26-10-8-19)24-12-14-11-15(20)5-6-16(14)27-17(21)22/h5-6,11,17H,3-4,7-10,12-13H2,1-2H3,(H2,23,24,25). The van der Waals surface area contributed by atoms with E-state index in [2.05, 4.69) is 27.3 Å². The normalized spacial score (nSPS) is 16.9. The van der Waals surface area contributed by atoms with E-state index in [-0.39, 0.29) is 17.0 Å². The maximum Gasteiger partial charge on any atom is 0.387 e. The molecule has 1 saturated heterocycles. The summed E-state index contributed by atoms with van der Waals surface area (Å²) >= 11 is 7.95. The summed E-state index contributed by atoms with van der Waals surface area (Å²) in [5.74, 6) is 1.75. The van der Waals surface area contributed by atoms with Crippen LogP contribution in [0.25, 0.3) is 0 Å². The van der Waals surface area contributed by atoms with Crippen LogP contribution in [0.2, 0.25) is 5.02 Å². The summed E-state index contributed by atoms with van der Waals surface area (Å²) in [6.45, 7) is 4.40. The summed E-state index contributed by atoms with van der Waals surface area (Å²) in [5, 5.41) is 7.05. The van der Waals surface area contributed by atoms with E-state index in [9.17, 15) is 8.78 Å². The highest BCUT2D eigenvalue weighted by atomic mass is 35.5. The molecular formula is C19H28ClF2N3O2S. The van der Waals surface area contributed by atoms with Crippen LogP contribution in [0.4, 0.5) is 8.78 Å². The zero-order valence-electron chi connectivity index (χ0n) is 16.3. The van der Waals surface area contributed by atoms with Gasteiger partial charge in [0.15, 0.2) is 5.96 Å². The maximum atomic E-state index is 12.6. The summed E-state index contributed by atoms with van der Waals surface area (Å²) in [5.41, 5.74) is 0.508. The van der Waals surface area contributed by atoms with Crippen molar-refractivity contribution >= 4 is 29.3 Å². The first-order chi connectivity index (χ1) is 13.5. The molecule has 5 nitrogen and oxygen atoms in total. The molecule has 0 saturated carbocycles. The van der Waals surface area contributed by atoms with E-state index in [1.54, 1.807) is 6.07 Å². The lowest BCUT2D eigenvalue weighted by atomic mass is 9.99. The van der Waals surface area contributed by atoms with Crippen LogP contribution in [-0.2, 0) is 11.3 Å². The van der Waals surface area contributed by atoms with Crippen molar-refractivity contribution in [2.24, 2.45) is 4.99 Å². The molecule has 0 radical (unpaired) electrons. The predicted molar refractivity (Wildman–Crippen MR) is 112 cm³/mol. The van der Waals surface area contributed by atoms with E-state index in [1.165, 1.54) is 12.1 Å². The van der Waals surface area contributed by atoms with Gasteiger partial charge in [0.05, 0.1) is 6.54 Å². The Labute approximate surface area is 174 Å². The van der Waals surface area contributed by atoms with Gasteiger partial charge in [0.25, 0.3) is 0 Å². The number of halogens is 3. The highest BCUT2D eigenvalue weighted by Gasteiger charge is 2.32. The quantitative estimate of drug-likeness (QED) is 0.447. The van der Waals surface area contributed by atoms with Crippen LogP contribution in [0.1, 0.15) is 32.3 Å². The Balaban J connectivity index is 2.08. The topological polar surface area (TPSA) is 54.9 Å². The largest absolute Gasteiger partial charge is 0.434 e. The third-order valence-electron chi connectivity index (χ3n) is 4.42. The fourth-order valence-electron chi connectivity index (χ4n) is 3.06. The van der Waals surface area contributed by atoms with Gasteiger partial charge in [-0.2, -0.15) is 20.5 Å². The number of ether oxygens (including phenoxy) is 2. The number of alkyl halides is 2. The van der Waals surface area contributed by atoms with Gasteiger partial charge in [-0.25, -0.2) is 4.99 Å². The number of hydrogen-bond acceptors (Lipinski definition) is 4. The van der Waals surface area contributed by atoms with Crippen LogP contribution in [0.5, 0.6) is 5.75 Å². The molecule has 1 aromatic rings. The minimum atomic E-state index is -2.89. The number of guanidine groups is 1. The van der Waals surface area contributed by atoms with Gasteiger partial charge in [-0.3, -0.25) is 0 Å². The molecule has 28 heavy (non-hydrogen) atoms. The van der Waals surface area contributed by atoms with Crippen molar-refractivity contribution in [3.8, 4) is 5.75 Å². The van der Waals surface area contributed by atoms with E-state index in [0.29, 0.717) is 23.1 Å². The summed E-state index contributed by atoms with van der Waals surface area (Å²) in [6.07, 6.45) is 1.97. The van der Waals surface area contributed by atoms with Crippen molar-refractivity contribution in [3.05, 3.63) is 28.8 Å². The summed E-state index contributed by atoms with van der Waals surface area (Å²) in [7, 11) is 0. The minimum Gasteiger partial charge on any atom is -0.434 e. The molecule has 9 heteroatoms. The number of nitrogens with one attached hydrogen (secondary N) is 2. The second-order valence-corrected chi connectivity index (χ2v) is 8.58. The average molecular weight is 436 g/mol. The Morgan fingerprint density at radius 1 is 1.32 bits per heavy atom. The Hall–Kier alpha value is -1.25. The number of thioether (sulfide) groups is 1. The molecule has 0 bridgehead atoms. The molecule has 1 fully saturated rings. The number of nitrogens with zero attached hydrogens (tertiary/aromatic N) is 1. The third-order valence-corrected chi connectivity index (χ3v) is 6.11. The first-order valence-electron chi connectivity index (χ1n) is 9.45. The lowest BCUT2D eigenvalue weighted by molar-refractivity contribution is -0.0504. The van der Waals surface area contributed by atoms with E-state index in [0.717, 1.165) is 38.4 Å². The highest BCUT2D eigenvalue weighted by molar-refractivity contribution is 8.00. The molecule has 0 aromatic heterocycles. The number of aliphatic imine (C=N–C) groups is 1. The van der Waals surface area contributed by atoms with Crippen LogP contribution >= 0.6 is 23.4 Å². The van der Waals surface area contributed by atoms with Gasteiger partial charge in [0.2, 0.25) is 0 Å². The van der Waals surface area contributed by atoms with Crippen molar-refractivity contribution in [3.63, 3.8) is 0 Å². The van der Waals surface area contributed by atoms with Crippen LogP contribution in [0.3, 0.4) is 0 Å². The smallest absolute Gasteiger partial charge is 0.387 e. The van der Waals surface area contributed by atoms with Gasteiger partial charge >= 0.3 is 6.61 Å². The highest BCUT2D eigenvalue weighted by Crippen LogP contribution is 2.34. The van der Waals surface area contributed by atoms with E-state index >= 15 is 0 Å². The fraction of sp³-hybridized carbons (Fsp3) is 0.632. The van der Waals surface area contributed by atoms with Crippen LogP contribution in [0.15, 0.2) is 23.2 Å². The summed E-state index contributed by atoms with van der Waals surface area (Å²) in [4.78, 5) is 4.54. The monoisotopic (exact) mass is 435 g/mol. The van der Waals surface area contributed by atoms with Crippen LogP contribution in [0, 0.1) is 0 Å². The van der Waals surface area contributed by atoms with Gasteiger partial charge in [-0.1, -0.05) is 18.5 Å². The first-order valence-corrected chi connectivity index (χ1v) is 10.8. The van der Waals surface area contributed by atoms with Crippen molar-refractivity contribution in [2.45, 2.75) is 44.6 Å². The number of benzene rings is 1. The van der Waals surface area contributed by atoms with Crippen molar-refractivity contribution in [2.75, 3.05) is 32.1 Å². The van der Waals surface area contributed by atoms with Gasteiger partial charge in [-0.05, 0) is 43.7 Å². The second kappa shape index (κ2) is 11.7. The van der Waals surface area contributed by atoms with Crippen LogP contribution < -0.4 is 15.4 Å². The van der Waals surface area contributed by atoms with Crippen molar-refractivity contribution < 1.29 is 18.3 Å². The second-order valence-electron chi connectivity index (χ2n) is 6.41. The molecular weight excluding hydrogens is 408 g/mol. The fourth-order valence-corrected chi connectivity index (χ4v) is 4.49. The Kier molecular flexibility index (Phi) is 9.61. The molecule has 1 aliphatic rings. The molecule has 0 unspecified atom stereocenters. The lowest BCUT2D eigenvalue weighted by Crippen LogP contribution is -2.48. The summed E-state index contributed by atoms with van der Waals surface area (Å²) in [6, 6.07) is 4.56. The number of hydrogen-bond donors (Lipinski definition) is 2. The molecule has 2 rings (SSSR count). The molecule has 0 spiro atoms. The van der Waals surface area contributed by atoms with Gasteiger partial charge in [-0.15, -0.1) is 0 Å². The third kappa shape index (κ3) is 7.29. The van der Waals surface area contributed by atoms with E-state index in [4.69, 9.17) is 16.3 Å². The molecule has 0 aliphatic carbocycles. The van der Waals surface area contributed by atoms with Crippen molar-refractivity contribution in [1.82, 2.24) is 10.6 Å². The molecule has 1 aromatic carbocycles. The maximum absolute atomic E-state index is 12.6. The molecule has 1 heterocycles. The number of rotatable bonds is 9. The van der Waals surface area contributed by atoms with Crippen molar-refractivity contribution in [1.29, 1.82) is 0 Å². The zero-order valence-corrected chi connectivity index (χ0v) is 17.8. The molecule has 158 valence electrons. The predicted octanol–water partition coefficient (Wildman–Crippen LogP) is 4.30. The molecule has 2 N–H and O–H groups in total. The summed E-state index contributed by atoms with van der Waals surface area (Å²) < 4.78 is 35.5. The van der Waals surface area contributed by atoms with E-state index < -0.39 is 6.61 Å².